The van der Waals surface area contributed by atoms with Crippen molar-refractivity contribution in [2.45, 2.75) is 13.3 Å². The number of hydrogen-bond donors (Lipinski definition) is 0. The maximum Gasteiger partial charge on any atom is -0.0312 e. The van der Waals surface area contributed by atoms with Crippen LogP contribution in [0, 0.1) is 0 Å². The lowest BCUT2D eigenvalue weighted by Crippen LogP contribution is -1.58. The van der Waals surface area contributed by atoms with E-state index in [1.807, 2.05) is 0 Å². The van der Waals surface area contributed by atoms with Gasteiger partial charge in [0.2, 0.25) is 0 Å². The number of hydrogen-bond acceptors (Lipinski definition) is 0. The largest absolute Gasteiger partial charge is 0.0987 e. The first kappa shape index (κ1) is 6.17. The third-order valence-corrected chi connectivity index (χ3v) is 1.84. The van der Waals surface area contributed by atoms with Gasteiger partial charge in [-0.1, -0.05) is 27.4 Å². The van der Waals surface area contributed by atoms with E-state index in [4.69, 9.17) is 0 Å². The van der Waals surface area contributed by atoms with Crippen LogP contribution in [0.15, 0.2) is 11.9 Å². The third-order valence-electron chi connectivity index (χ3n) is 0.780. The van der Waals surface area contributed by atoms with Crippen molar-refractivity contribution in [3.8, 4) is 0 Å². The van der Waals surface area contributed by atoms with E-state index >= 15 is 0 Å². The summed E-state index contributed by atoms with van der Waals surface area (Å²) in [5.41, 5.74) is 0. The molecule has 0 rings (SSSR count). The minimum atomic E-state index is 0.937. The molecule has 6 heavy (non-hydrogen) atoms. The first-order valence-electron chi connectivity index (χ1n) is 2.16. The van der Waals surface area contributed by atoms with Gasteiger partial charge < -0.3 is 0 Å². The SMILES string of the molecule is C=C(CC)PC. The molecule has 0 aliphatic rings. The average Bonchev–Trinajstić information content (AvgIpc) is 1.65. The Kier molecular flexibility index (Phi) is 3.46. The van der Waals surface area contributed by atoms with E-state index in [-0.39, 0.29) is 0 Å². The van der Waals surface area contributed by atoms with E-state index in [2.05, 4.69) is 20.2 Å². The maximum absolute atomic E-state index is 3.80. The molecule has 0 saturated carbocycles. The molecule has 0 aromatic rings. The standard InChI is InChI=1S/C5H11P/c1-4-5(2)6-3/h6H,2,4H2,1,3H3. The molecule has 0 aromatic heterocycles. The maximum atomic E-state index is 3.80. The molecule has 1 unspecified atom stereocenters. The molecular formula is C5H11P. The molecular weight excluding hydrogens is 91.0 g/mol. The van der Waals surface area contributed by atoms with E-state index in [1.165, 1.54) is 5.31 Å². The highest BCUT2D eigenvalue weighted by Crippen LogP contribution is 2.18. The molecule has 36 valence electrons. The molecule has 0 fully saturated rings. The van der Waals surface area contributed by atoms with E-state index in [9.17, 15) is 0 Å². The van der Waals surface area contributed by atoms with Gasteiger partial charge in [0.05, 0.1) is 0 Å². The zero-order chi connectivity index (χ0) is 4.99. The lowest BCUT2D eigenvalue weighted by molar-refractivity contribution is 1.21. The topological polar surface area (TPSA) is 0 Å². The Morgan fingerprint density at radius 2 is 2.33 bits per heavy atom. The molecule has 0 aliphatic carbocycles. The van der Waals surface area contributed by atoms with Gasteiger partial charge in [0.15, 0.2) is 0 Å². The van der Waals surface area contributed by atoms with Crippen molar-refractivity contribution >= 4 is 8.58 Å². The molecule has 0 N–H and O–H groups in total. The summed E-state index contributed by atoms with van der Waals surface area (Å²) in [6.07, 6.45) is 1.15. The van der Waals surface area contributed by atoms with Crippen molar-refractivity contribution in [2.75, 3.05) is 6.66 Å². The molecule has 0 heterocycles. The molecule has 0 amide bonds. The van der Waals surface area contributed by atoms with Gasteiger partial charge in [-0.25, -0.2) is 0 Å². The van der Waals surface area contributed by atoms with Gasteiger partial charge in [0.1, 0.15) is 0 Å². The van der Waals surface area contributed by atoms with Gasteiger partial charge in [-0.2, -0.15) is 0 Å². The van der Waals surface area contributed by atoms with Gasteiger partial charge in [0, 0.05) is 0 Å². The van der Waals surface area contributed by atoms with E-state index < -0.39 is 0 Å². The summed E-state index contributed by atoms with van der Waals surface area (Å²) in [4.78, 5) is 0. The Bertz CT molecular complexity index is 41.9. The van der Waals surface area contributed by atoms with Gasteiger partial charge in [-0.05, 0) is 13.1 Å². The van der Waals surface area contributed by atoms with Crippen LogP contribution in [0.2, 0.25) is 0 Å². The molecule has 0 nitrogen and oxygen atoms in total. The van der Waals surface area contributed by atoms with Gasteiger partial charge in [-0.15, -0.1) is 0 Å². The Morgan fingerprint density at radius 3 is 2.33 bits per heavy atom. The summed E-state index contributed by atoms with van der Waals surface area (Å²) < 4.78 is 0. The van der Waals surface area contributed by atoms with Crippen LogP contribution in [-0.4, -0.2) is 6.66 Å². The van der Waals surface area contributed by atoms with Crippen LogP contribution in [0.4, 0.5) is 0 Å². The highest BCUT2D eigenvalue weighted by atomic mass is 31.1. The van der Waals surface area contributed by atoms with Gasteiger partial charge >= 0.3 is 0 Å². The Morgan fingerprint density at radius 1 is 1.83 bits per heavy atom. The van der Waals surface area contributed by atoms with E-state index in [0.717, 1.165) is 15.0 Å². The highest BCUT2D eigenvalue weighted by Gasteiger charge is 1.77. The van der Waals surface area contributed by atoms with E-state index in [0.29, 0.717) is 0 Å². The Hall–Kier alpha value is 0.170. The quantitative estimate of drug-likeness (QED) is 0.469. The summed E-state index contributed by atoms with van der Waals surface area (Å²) in [6.45, 7) is 8.10. The second-order valence-corrected chi connectivity index (χ2v) is 2.41. The van der Waals surface area contributed by atoms with Crippen molar-refractivity contribution in [1.82, 2.24) is 0 Å². The lowest BCUT2D eigenvalue weighted by Gasteiger charge is -1.89. The minimum Gasteiger partial charge on any atom is -0.0987 e. The first-order chi connectivity index (χ1) is 2.81. The molecule has 0 saturated heterocycles. The zero-order valence-electron chi connectivity index (χ0n) is 4.41. The first-order valence-corrected chi connectivity index (χ1v) is 3.66. The van der Waals surface area contributed by atoms with Crippen LogP contribution in [0.5, 0.6) is 0 Å². The van der Waals surface area contributed by atoms with E-state index in [1.54, 1.807) is 0 Å². The third kappa shape index (κ3) is 2.41. The molecule has 0 spiro atoms. The van der Waals surface area contributed by atoms with Crippen molar-refractivity contribution in [3.05, 3.63) is 11.9 Å². The molecule has 0 radical (unpaired) electrons. The molecule has 0 aromatic carbocycles. The Balaban J connectivity index is 2.99. The fraction of sp³-hybridized carbons (Fsp3) is 0.600. The molecule has 1 atom stereocenters. The normalized spacial score (nSPS) is 10.3. The van der Waals surface area contributed by atoms with Crippen LogP contribution in [0.1, 0.15) is 13.3 Å². The summed E-state index contributed by atoms with van der Waals surface area (Å²) in [5, 5.41) is 1.37. The zero-order valence-corrected chi connectivity index (χ0v) is 5.41. The van der Waals surface area contributed by atoms with Gasteiger partial charge in [-0.3, -0.25) is 0 Å². The summed E-state index contributed by atoms with van der Waals surface area (Å²) in [5.74, 6) is 0. The predicted molar refractivity (Wildman–Crippen MR) is 33.7 cm³/mol. The number of allylic oxidation sites excluding steroid dienone is 1. The van der Waals surface area contributed by atoms with Crippen LogP contribution >= 0.6 is 8.58 Å². The second-order valence-electron chi connectivity index (χ2n) is 1.21. The average molecular weight is 102 g/mol. The lowest BCUT2D eigenvalue weighted by atomic mass is 10.5. The van der Waals surface area contributed by atoms with Crippen molar-refractivity contribution in [3.63, 3.8) is 0 Å². The highest BCUT2D eigenvalue weighted by molar-refractivity contribution is 7.42. The minimum absolute atomic E-state index is 0.937. The summed E-state index contributed by atoms with van der Waals surface area (Å²) in [7, 11) is 0.937. The summed E-state index contributed by atoms with van der Waals surface area (Å²) >= 11 is 0. The van der Waals surface area contributed by atoms with Crippen LogP contribution in [0.25, 0.3) is 0 Å². The fourth-order valence-electron chi connectivity index (χ4n) is 0.177. The van der Waals surface area contributed by atoms with Gasteiger partial charge in [0.25, 0.3) is 0 Å². The van der Waals surface area contributed by atoms with Crippen molar-refractivity contribution in [1.29, 1.82) is 0 Å². The van der Waals surface area contributed by atoms with Crippen molar-refractivity contribution in [2.24, 2.45) is 0 Å². The van der Waals surface area contributed by atoms with Crippen LogP contribution in [-0.2, 0) is 0 Å². The fourth-order valence-corrected chi connectivity index (χ4v) is 0.530. The van der Waals surface area contributed by atoms with Crippen molar-refractivity contribution < 1.29 is 0 Å². The smallest absolute Gasteiger partial charge is 0.0312 e. The summed E-state index contributed by atoms with van der Waals surface area (Å²) in [6, 6.07) is 0. The second kappa shape index (κ2) is 3.36. The number of rotatable bonds is 2. The molecule has 0 bridgehead atoms. The van der Waals surface area contributed by atoms with Crippen LogP contribution in [0.3, 0.4) is 0 Å². The predicted octanol–water partition coefficient (Wildman–Crippen LogP) is 2.22. The molecule has 0 aliphatic heterocycles. The Labute approximate surface area is 41.4 Å². The van der Waals surface area contributed by atoms with Crippen LogP contribution < -0.4 is 0 Å². The molecule has 1 heteroatoms. The monoisotopic (exact) mass is 102 g/mol.